The highest BCUT2D eigenvalue weighted by molar-refractivity contribution is 6.17. The summed E-state index contributed by atoms with van der Waals surface area (Å²) in [5.74, 6) is 0. The lowest BCUT2D eigenvalue weighted by Crippen LogP contribution is -2.07. The van der Waals surface area contributed by atoms with Gasteiger partial charge in [-0.1, -0.05) is 152 Å². The number of hydrogen-bond donors (Lipinski definition) is 0. The predicted molar refractivity (Wildman–Crippen MR) is 392 cm³/mol. The van der Waals surface area contributed by atoms with Crippen LogP contribution >= 0.6 is 0 Å². The Labute approximate surface area is 556 Å². The first-order valence-corrected chi connectivity index (χ1v) is 32.5. The molecule has 6 aromatic heterocycles. The van der Waals surface area contributed by atoms with E-state index in [0.717, 1.165) is 166 Å². The molecular formula is C87H49F3N8. The van der Waals surface area contributed by atoms with Gasteiger partial charge in [0.05, 0.1) is 94.8 Å². The number of nitrogens with zero attached hydrogens (tertiary/aromatic N) is 8. The van der Waals surface area contributed by atoms with E-state index in [4.69, 9.17) is 0 Å². The van der Waals surface area contributed by atoms with Gasteiger partial charge in [-0.2, -0.15) is 23.7 Å². The molecule has 0 aliphatic rings. The van der Waals surface area contributed by atoms with Gasteiger partial charge in [-0.25, -0.2) is 0 Å². The molecule has 14 aromatic carbocycles. The zero-order chi connectivity index (χ0) is 65.2. The molecule has 0 saturated heterocycles. The normalized spacial score (nSPS) is 12.2. The molecule has 98 heavy (non-hydrogen) atoms. The van der Waals surface area contributed by atoms with Crippen LogP contribution in [0.25, 0.3) is 176 Å². The fraction of sp³-hybridized carbons (Fsp3) is 0.0115. The third-order valence-electron chi connectivity index (χ3n) is 20.3. The van der Waals surface area contributed by atoms with E-state index in [9.17, 15) is 23.7 Å². The first-order valence-electron chi connectivity index (χ1n) is 32.5. The second-order valence-corrected chi connectivity index (χ2v) is 25.3. The van der Waals surface area contributed by atoms with Gasteiger partial charge in [-0.3, -0.25) is 0 Å². The van der Waals surface area contributed by atoms with Crippen LogP contribution in [0.3, 0.4) is 0 Å². The maximum Gasteiger partial charge on any atom is 0.416 e. The van der Waals surface area contributed by atoms with Crippen LogP contribution in [-0.4, -0.2) is 27.4 Å². The topological polar surface area (TPSA) is 77.2 Å². The molecule has 0 radical (unpaired) electrons. The lowest BCUT2D eigenvalue weighted by atomic mass is 9.95. The third kappa shape index (κ3) is 7.81. The number of nitriles is 2. The summed E-state index contributed by atoms with van der Waals surface area (Å²) in [6, 6.07) is 105. The minimum atomic E-state index is -4.72. The van der Waals surface area contributed by atoms with E-state index in [-0.39, 0.29) is 11.1 Å². The van der Waals surface area contributed by atoms with Crippen LogP contribution in [-0.2, 0) is 6.18 Å². The maximum atomic E-state index is 14.8. The minimum Gasteiger partial charge on any atom is -0.309 e. The summed E-state index contributed by atoms with van der Waals surface area (Å²) in [7, 11) is 0. The fourth-order valence-electron chi connectivity index (χ4n) is 16.2. The molecular weight excluding hydrogens is 1210 g/mol. The summed E-state index contributed by atoms with van der Waals surface area (Å²) >= 11 is 0. The van der Waals surface area contributed by atoms with Crippen molar-refractivity contribution < 1.29 is 13.2 Å². The summed E-state index contributed by atoms with van der Waals surface area (Å²) < 4.78 is 57.8. The molecule has 0 aliphatic heterocycles. The monoisotopic (exact) mass is 1260 g/mol. The zero-order valence-electron chi connectivity index (χ0n) is 52.0. The van der Waals surface area contributed by atoms with Crippen LogP contribution in [0.5, 0.6) is 0 Å². The second kappa shape index (κ2) is 20.6. The van der Waals surface area contributed by atoms with Gasteiger partial charge in [-0.05, 0) is 157 Å². The molecule has 0 spiro atoms. The van der Waals surface area contributed by atoms with Gasteiger partial charge < -0.3 is 27.4 Å². The summed E-state index contributed by atoms with van der Waals surface area (Å²) in [6.07, 6.45) is -4.72. The number of alkyl halides is 3. The van der Waals surface area contributed by atoms with Crippen molar-refractivity contribution in [2.45, 2.75) is 6.18 Å². The number of halogens is 3. The molecule has 0 saturated carbocycles. The molecule has 0 amide bonds. The van der Waals surface area contributed by atoms with Crippen LogP contribution in [0.4, 0.5) is 13.2 Å². The molecule has 0 unspecified atom stereocenters. The first-order chi connectivity index (χ1) is 48.2. The lowest BCUT2D eigenvalue weighted by molar-refractivity contribution is -0.137. The standard InChI is InChI=1S/C87H49F3N8/c88-87(89,90)54-33-38-59(53(43-54)50-91)52-44-85(97-81-39-34-55(93-73-25-9-1-17-60(73)61-18-2-10-26-74(61)93)46-68(81)69-47-56(35-40-82(69)97)94-75-27-11-3-19-62(75)63-20-4-12-28-76(63)94)72(51-92)86(45-52)98-83-41-36-57(95-77-29-13-5-21-64(77)65-22-6-14-30-78(65)95)48-70(83)71-49-58(37-42-84(71)98)96-79-31-15-7-23-66(79)67-24-8-16-32-80(67)96/h1-49H. The van der Waals surface area contributed by atoms with E-state index in [1.807, 2.05) is 12.1 Å². The van der Waals surface area contributed by atoms with Crippen molar-refractivity contribution in [1.82, 2.24) is 27.4 Å². The van der Waals surface area contributed by atoms with Crippen LogP contribution < -0.4 is 0 Å². The van der Waals surface area contributed by atoms with Crippen molar-refractivity contribution in [3.05, 3.63) is 314 Å². The first kappa shape index (κ1) is 55.1. The van der Waals surface area contributed by atoms with Crippen molar-refractivity contribution in [1.29, 1.82) is 10.5 Å². The molecule has 0 bridgehead atoms. The highest BCUT2D eigenvalue weighted by atomic mass is 19.4. The van der Waals surface area contributed by atoms with Crippen molar-refractivity contribution in [3.8, 4) is 57.4 Å². The third-order valence-corrected chi connectivity index (χ3v) is 20.3. The molecule has 8 nitrogen and oxygen atoms in total. The van der Waals surface area contributed by atoms with Gasteiger partial charge in [-0.15, -0.1) is 0 Å². The number of benzene rings is 14. The van der Waals surface area contributed by atoms with E-state index in [2.05, 4.69) is 306 Å². The van der Waals surface area contributed by atoms with Gasteiger partial charge in [0.2, 0.25) is 0 Å². The molecule has 20 rings (SSSR count). The fourth-order valence-corrected chi connectivity index (χ4v) is 16.2. The molecule has 20 aromatic rings. The Bertz CT molecular complexity index is 6040. The summed E-state index contributed by atoms with van der Waals surface area (Å²) in [4.78, 5) is 0. The number of aromatic nitrogens is 6. The number of para-hydroxylation sites is 8. The lowest BCUT2D eigenvalue weighted by Gasteiger charge is -2.19. The maximum absolute atomic E-state index is 14.8. The highest BCUT2D eigenvalue weighted by Crippen LogP contribution is 2.46. The SMILES string of the molecule is N#Cc1cc(C(F)(F)F)ccc1-c1cc(-n2c3ccc(-n4c5ccccc5c5ccccc54)cc3c3cc(-n4c5ccccc5c5ccccc54)ccc32)c(C#N)c(-n2c3ccc(-n4c5ccccc5c5ccccc54)cc3c3cc(-n4c5ccccc5c5ccccc54)ccc32)c1. The number of rotatable bonds is 7. The Hall–Kier alpha value is -13.4. The Morgan fingerprint density at radius 1 is 0.245 bits per heavy atom. The molecule has 0 fully saturated rings. The second-order valence-electron chi connectivity index (χ2n) is 25.3. The van der Waals surface area contributed by atoms with E-state index >= 15 is 0 Å². The van der Waals surface area contributed by atoms with Gasteiger partial charge in [0.1, 0.15) is 11.6 Å². The molecule has 458 valence electrons. The summed E-state index contributed by atoms with van der Waals surface area (Å²) in [5.41, 5.74) is 16.1. The average Bonchev–Trinajstić information content (AvgIpc) is 1.53. The van der Waals surface area contributed by atoms with E-state index < -0.39 is 11.7 Å². The molecule has 6 heterocycles. The zero-order valence-corrected chi connectivity index (χ0v) is 52.0. The molecule has 0 N–H and O–H groups in total. The van der Waals surface area contributed by atoms with Crippen LogP contribution in [0.2, 0.25) is 0 Å². The van der Waals surface area contributed by atoms with Crippen molar-refractivity contribution in [2.24, 2.45) is 0 Å². The largest absolute Gasteiger partial charge is 0.416 e. The smallest absolute Gasteiger partial charge is 0.309 e. The highest BCUT2D eigenvalue weighted by Gasteiger charge is 2.32. The van der Waals surface area contributed by atoms with Crippen LogP contribution in [0.15, 0.2) is 297 Å². The number of fused-ring (bicyclic) bond motifs is 18. The minimum absolute atomic E-state index is 0.163. The summed E-state index contributed by atoms with van der Waals surface area (Å²) in [6.45, 7) is 0. The van der Waals surface area contributed by atoms with E-state index in [1.165, 1.54) is 6.07 Å². The van der Waals surface area contributed by atoms with Crippen molar-refractivity contribution >= 4 is 131 Å². The quantitative estimate of drug-likeness (QED) is 0.159. The van der Waals surface area contributed by atoms with Gasteiger partial charge in [0.25, 0.3) is 0 Å². The van der Waals surface area contributed by atoms with Gasteiger partial charge >= 0.3 is 6.18 Å². The van der Waals surface area contributed by atoms with E-state index in [1.54, 1.807) is 0 Å². The Kier molecular flexibility index (Phi) is 11.6. The Balaban J connectivity index is 0.907. The van der Waals surface area contributed by atoms with Crippen molar-refractivity contribution in [3.63, 3.8) is 0 Å². The van der Waals surface area contributed by atoms with Gasteiger partial charge in [0, 0.05) is 87.4 Å². The van der Waals surface area contributed by atoms with Crippen molar-refractivity contribution in [2.75, 3.05) is 0 Å². The molecule has 0 atom stereocenters. The predicted octanol–water partition coefficient (Wildman–Crippen LogP) is 22.7. The van der Waals surface area contributed by atoms with E-state index in [0.29, 0.717) is 22.5 Å². The Morgan fingerprint density at radius 2 is 0.500 bits per heavy atom. The summed E-state index contributed by atoms with van der Waals surface area (Å²) in [5, 5.41) is 36.0. The Morgan fingerprint density at radius 3 is 0.745 bits per heavy atom. The van der Waals surface area contributed by atoms with Crippen LogP contribution in [0, 0.1) is 22.7 Å². The molecule has 11 heteroatoms. The average molecular weight is 1260 g/mol. The van der Waals surface area contributed by atoms with Gasteiger partial charge in [0.15, 0.2) is 0 Å². The van der Waals surface area contributed by atoms with Crippen LogP contribution in [0.1, 0.15) is 16.7 Å². The number of hydrogen-bond acceptors (Lipinski definition) is 2. The molecule has 0 aliphatic carbocycles.